The average Bonchev–Trinajstić information content (AvgIpc) is 2.78. The third-order valence-electron chi connectivity index (χ3n) is 2.06. The largest absolute Gasteiger partial charge is 0.457 e. The molecule has 0 fully saturated rings. The summed E-state index contributed by atoms with van der Waals surface area (Å²) in [6.45, 7) is 0. The molecule has 1 aromatic carbocycles. The SMILES string of the molecule is O=Cc1ccc(CSc2cc(Cl)ccc2Cl)o1. The van der Waals surface area contributed by atoms with E-state index in [-0.39, 0.29) is 0 Å². The highest BCUT2D eigenvalue weighted by Gasteiger charge is 2.05. The van der Waals surface area contributed by atoms with Gasteiger partial charge in [0.05, 0.1) is 10.8 Å². The first kappa shape index (κ1) is 12.6. The lowest BCUT2D eigenvalue weighted by atomic mass is 10.4. The zero-order chi connectivity index (χ0) is 12.3. The summed E-state index contributed by atoms with van der Waals surface area (Å²) in [5.41, 5.74) is 0. The monoisotopic (exact) mass is 286 g/mol. The zero-order valence-corrected chi connectivity index (χ0v) is 11.0. The van der Waals surface area contributed by atoms with Crippen molar-refractivity contribution in [1.82, 2.24) is 0 Å². The van der Waals surface area contributed by atoms with Gasteiger partial charge in [-0.25, -0.2) is 0 Å². The highest BCUT2D eigenvalue weighted by atomic mass is 35.5. The Labute approximate surface area is 113 Å². The predicted octanol–water partition coefficient (Wildman–Crippen LogP) is 4.69. The minimum absolute atomic E-state index is 0.331. The standard InChI is InChI=1S/C12H8Cl2O2S/c13-8-1-4-11(14)12(5-8)17-7-10-3-2-9(6-15)16-10/h1-6H,7H2. The molecule has 2 nitrogen and oxygen atoms in total. The fourth-order valence-electron chi connectivity index (χ4n) is 1.27. The van der Waals surface area contributed by atoms with Crippen LogP contribution in [0, 0.1) is 0 Å². The van der Waals surface area contributed by atoms with Gasteiger partial charge in [-0.15, -0.1) is 11.8 Å². The van der Waals surface area contributed by atoms with Crippen molar-refractivity contribution in [3.05, 3.63) is 51.9 Å². The normalized spacial score (nSPS) is 10.5. The molecular weight excluding hydrogens is 279 g/mol. The summed E-state index contributed by atoms with van der Waals surface area (Å²) in [6.07, 6.45) is 0.681. The molecule has 0 bridgehead atoms. The molecule has 88 valence electrons. The molecule has 2 aromatic rings. The van der Waals surface area contributed by atoms with E-state index in [1.807, 2.05) is 0 Å². The summed E-state index contributed by atoms with van der Waals surface area (Å²) >= 11 is 13.4. The Morgan fingerprint density at radius 2 is 2.06 bits per heavy atom. The van der Waals surface area contributed by atoms with Crippen LogP contribution in [0.2, 0.25) is 10.0 Å². The number of furan rings is 1. The quantitative estimate of drug-likeness (QED) is 0.603. The fourth-order valence-corrected chi connectivity index (χ4v) is 2.66. The van der Waals surface area contributed by atoms with Crippen molar-refractivity contribution in [1.29, 1.82) is 0 Å². The highest BCUT2D eigenvalue weighted by molar-refractivity contribution is 7.98. The van der Waals surface area contributed by atoms with Crippen LogP contribution in [0.3, 0.4) is 0 Å². The van der Waals surface area contributed by atoms with Gasteiger partial charge in [-0.3, -0.25) is 4.79 Å². The van der Waals surface area contributed by atoms with Crippen molar-refractivity contribution in [2.24, 2.45) is 0 Å². The van der Waals surface area contributed by atoms with Crippen molar-refractivity contribution in [2.75, 3.05) is 0 Å². The van der Waals surface area contributed by atoms with Gasteiger partial charge >= 0.3 is 0 Å². The lowest BCUT2D eigenvalue weighted by Gasteiger charge is -2.02. The Kier molecular flexibility index (Phi) is 4.15. The summed E-state index contributed by atoms with van der Waals surface area (Å²) < 4.78 is 5.26. The maximum atomic E-state index is 10.5. The van der Waals surface area contributed by atoms with E-state index in [1.54, 1.807) is 30.3 Å². The molecule has 0 aliphatic heterocycles. The number of hydrogen-bond donors (Lipinski definition) is 0. The van der Waals surface area contributed by atoms with Crippen LogP contribution in [0.4, 0.5) is 0 Å². The maximum Gasteiger partial charge on any atom is 0.185 e. The van der Waals surface area contributed by atoms with Crippen LogP contribution in [-0.2, 0) is 5.75 Å². The molecule has 0 saturated heterocycles. The van der Waals surface area contributed by atoms with E-state index in [0.717, 1.165) is 10.7 Å². The average molecular weight is 287 g/mol. The molecule has 1 heterocycles. The second-order valence-corrected chi connectivity index (χ2v) is 5.15. The molecule has 0 aliphatic carbocycles. The molecule has 0 spiro atoms. The molecule has 0 radical (unpaired) electrons. The summed E-state index contributed by atoms with van der Waals surface area (Å²) in [5.74, 6) is 1.67. The number of carbonyl (C=O) groups excluding carboxylic acids is 1. The Balaban J connectivity index is 2.06. The van der Waals surface area contributed by atoms with Gasteiger partial charge in [-0.1, -0.05) is 23.2 Å². The van der Waals surface area contributed by atoms with Crippen molar-refractivity contribution in [3.8, 4) is 0 Å². The molecule has 0 N–H and O–H groups in total. The number of thioether (sulfide) groups is 1. The van der Waals surface area contributed by atoms with Gasteiger partial charge in [0, 0.05) is 9.92 Å². The molecule has 5 heteroatoms. The van der Waals surface area contributed by atoms with Crippen LogP contribution in [0.5, 0.6) is 0 Å². The molecule has 2 rings (SSSR count). The van der Waals surface area contributed by atoms with E-state index >= 15 is 0 Å². The van der Waals surface area contributed by atoms with Crippen LogP contribution in [0.25, 0.3) is 0 Å². The predicted molar refractivity (Wildman–Crippen MR) is 70.1 cm³/mol. The molecular formula is C12H8Cl2O2S. The fraction of sp³-hybridized carbons (Fsp3) is 0.0833. The van der Waals surface area contributed by atoms with E-state index in [0.29, 0.717) is 27.8 Å². The first-order valence-electron chi connectivity index (χ1n) is 4.81. The Bertz CT molecular complexity index is 537. The van der Waals surface area contributed by atoms with Gasteiger partial charge in [0.1, 0.15) is 5.76 Å². The van der Waals surface area contributed by atoms with Crippen LogP contribution in [0.1, 0.15) is 16.3 Å². The molecule has 0 unspecified atom stereocenters. The van der Waals surface area contributed by atoms with Crippen LogP contribution in [-0.4, -0.2) is 6.29 Å². The second kappa shape index (κ2) is 5.63. The van der Waals surface area contributed by atoms with Crippen molar-refractivity contribution in [3.63, 3.8) is 0 Å². The Morgan fingerprint density at radius 3 is 2.76 bits per heavy atom. The first-order valence-corrected chi connectivity index (χ1v) is 6.55. The molecule has 1 aromatic heterocycles. The maximum absolute atomic E-state index is 10.5. The summed E-state index contributed by atoms with van der Waals surface area (Å²) in [5, 5.41) is 1.30. The smallest absolute Gasteiger partial charge is 0.185 e. The molecule has 0 amide bonds. The minimum atomic E-state index is 0.331. The number of halogens is 2. The second-order valence-electron chi connectivity index (χ2n) is 3.29. The first-order chi connectivity index (χ1) is 8.19. The molecule has 0 saturated carbocycles. The van der Waals surface area contributed by atoms with Crippen LogP contribution in [0.15, 0.2) is 39.6 Å². The highest BCUT2D eigenvalue weighted by Crippen LogP contribution is 2.32. The Hall–Kier alpha value is -0.900. The van der Waals surface area contributed by atoms with Crippen LogP contribution >= 0.6 is 35.0 Å². The number of rotatable bonds is 4. The lowest BCUT2D eigenvalue weighted by molar-refractivity contribution is 0.109. The number of benzene rings is 1. The third kappa shape index (κ3) is 3.28. The third-order valence-corrected chi connectivity index (χ3v) is 3.82. The van der Waals surface area contributed by atoms with Gasteiger partial charge in [-0.05, 0) is 30.3 Å². The molecule has 0 aliphatic rings. The molecule has 0 atom stereocenters. The number of hydrogen-bond acceptors (Lipinski definition) is 3. The van der Waals surface area contributed by atoms with Gasteiger partial charge in [-0.2, -0.15) is 0 Å². The van der Waals surface area contributed by atoms with Gasteiger partial charge < -0.3 is 4.42 Å². The molecule has 17 heavy (non-hydrogen) atoms. The van der Waals surface area contributed by atoms with Gasteiger partial charge in [0.25, 0.3) is 0 Å². The topological polar surface area (TPSA) is 30.2 Å². The van der Waals surface area contributed by atoms with Gasteiger partial charge in [0.15, 0.2) is 12.0 Å². The van der Waals surface area contributed by atoms with Crippen molar-refractivity contribution >= 4 is 41.2 Å². The summed E-state index contributed by atoms with van der Waals surface area (Å²) in [4.78, 5) is 11.3. The van der Waals surface area contributed by atoms with Crippen molar-refractivity contribution < 1.29 is 9.21 Å². The summed E-state index contributed by atoms with van der Waals surface area (Å²) in [7, 11) is 0. The lowest BCUT2D eigenvalue weighted by Crippen LogP contribution is -1.79. The van der Waals surface area contributed by atoms with E-state index in [4.69, 9.17) is 27.6 Å². The minimum Gasteiger partial charge on any atom is -0.457 e. The van der Waals surface area contributed by atoms with Crippen LogP contribution < -0.4 is 0 Å². The van der Waals surface area contributed by atoms with E-state index in [9.17, 15) is 4.79 Å². The number of aldehydes is 1. The summed E-state index contributed by atoms with van der Waals surface area (Å²) in [6, 6.07) is 8.71. The van der Waals surface area contributed by atoms with E-state index < -0.39 is 0 Å². The Morgan fingerprint density at radius 1 is 1.24 bits per heavy atom. The van der Waals surface area contributed by atoms with Crippen molar-refractivity contribution in [2.45, 2.75) is 10.6 Å². The number of carbonyl (C=O) groups is 1. The van der Waals surface area contributed by atoms with Gasteiger partial charge in [0.2, 0.25) is 0 Å². The van der Waals surface area contributed by atoms with E-state index in [2.05, 4.69) is 0 Å². The zero-order valence-electron chi connectivity index (χ0n) is 8.65. The van der Waals surface area contributed by atoms with E-state index in [1.165, 1.54) is 11.8 Å².